The van der Waals surface area contributed by atoms with Crippen molar-refractivity contribution in [2.24, 2.45) is 0 Å². The summed E-state index contributed by atoms with van der Waals surface area (Å²) in [6.45, 7) is 2.35. The maximum atomic E-state index is 14.6. The highest BCUT2D eigenvalue weighted by Gasteiger charge is 2.13. The lowest BCUT2D eigenvalue weighted by Gasteiger charge is -2.03. The zero-order chi connectivity index (χ0) is 25.7. The maximum absolute atomic E-state index is 14.6. The minimum Gasteiger partial charge on any atom is -0.490 e. The van der Waals surface area contributed by atoms with Crippen LogP contribution in [-0.4, -0.2) is 6.61 Å². The summed E-state index contributed by atoms with van der Waals surface area (Å²) in [5.74, 6) is 5.17. The standard InChI is InChI=1S/C30H17F5O/c1-2-3-14-36-23-10-6-19(7-11-23)4-5-21-16-26(31)25(27(32)17-21)13-9-20-8-12-24-22(15-20)18-28(33)30(35)29(24)34/h2-3,6-8,10-12,15-18H,14H2,1H3/b3-2+. The number of fused-ring (bicyclic) bond motifs is 1. The van der Waals surface area contributed by atoms with E-state index in [-0.39, 0.29) is 21.9 Å². The molecule has 0 aromatic heterocycles. The molecule has 0 radical (unpaired) electrons. The average molecular weight is 488 g/mol. The van der Waals surface area contributed by atoms with Gasteiger partial charge >= 0.3 is 0 Å². The fourth-order valence-corrected chi connectivity index (χ4v) is 3.30. The molecule has 4 aromatic rings. The van der Waals surface area contributed by atoms with Crippen LogP contribution in [0.4, 0.5) is 22.0 Å². The molecular formula is C30H17F5O. The van der Waals surface area contributed by atoms with E-state index in [0.717, 1.165) is 18.2 Å². The molecule has 0 aliphatic carbocycles. The average Bonchev–Trinajstić information content (AvgIpc) is 2.86. The molecule has 0 fully saturated rings. The van der Waals surface area contributed by atoms with Crippen LogP contribution in [0.1, 0.15) is 29.2 Å². The van der Waals surface area contributed by atoms with Gasteiger partial charge < -0.3 is 4.74 Å². The van der Waals surface area contributed by atoms with Crippen molar-refractivity contribution >= 4 is 10.8 Å². The Morgan fingerprint density at radius 1 is 0.667 bits per heavy atom. The van der Waals surface area contributed by atoms with Gasteiger partial charge in [-0.05, 0) is 66.9 Å². The van der Waals surface area contributed by atoms with Gasteiger partial charge in [-0.15, -0.1) is 0 Å². The van der Waals surface area contributed by atoms with Crippen LogP contribution in [0, 0.1) is 52.8 Å². The first-order chi connectivity index (χ1) is 17.4. The van der Waals surface area contributed by atoms with Gasteiger partial charge in [-0.2, -0.15) is 0 Å². The van der Waals surface area contributed by atoms with Crippen LogP contribution in [0.25, 0.3) is 10.8 Å². The topological polar surface area (TPSA) is 9.23 Å². The van der Waals surface area contributed by atoms with E-state index in [1.54, 1.807) is 24.3 Å². The van der Waals surface area contributed by atoms with Crippen LogP contribution in [0.5, 0.6) is 5.75 Å². The third-order valence-electron chi connectivity index (χ3n) is 5.13. The molecule has 0 saturated heterocycles. The second kappa shape index (κ2) is 10.8. The van der Waals surface area contributed by atoms with Crippen LogP contribution in [0.3, 0.4) is 0 Å². The van der Waals surface area contributed by atoms with Gasteiger partial charge in [0.1, 0.15) is 24.0 Å². The maximum Gasteiger partial charge on any atom is 0.195 e. The number of ether oxygens (including phenoxy) is 1. The normalized spacial score (nSPS) is 10.6. The van der Waals surface area contributed by atoms with Crippen molar-refractivity contribution in [3.05, 3.63) is 124 Å². The van der Waals surface area contributed by atoms with E-state index >= 15 is 0 Å². The second-order valence-corrected chi connectivity index (χ2v) is 7.64. The van der Waals surface area contributed by atoms with Gasteiger partial charge in [0.25, 0.3) is 0 Å². The highest BCUT2D eigenvalue weighted by Crippen LogP contribution is 2.24. The third kappa shape index (κ3) is 5.56. The van der Waals surface area contributed by atoms with Crippen LogP contribution in [0.2, 0.25) is 0 Å². The Morgan fingerprint density at radius 3 is 2.00 bits per heavy atom. The first kappa shape index (κ1) is 24.6. The molecule has 6 heteroatoms. The summed E-state index contributed by atoms with van der Waals surface area (Å²) < 4.78 is 75.4. The molecule has 0 atom stereocenters. The zero-order valence-corrected chi connectivity index (χ0v) is 18.9. The molecule has 0 saturated carbocycles. The molecule has 0 spiro atoms. The molecule has 0 heterocycles. The lowest BCUT2D eigenvalue weighted by molar-refractivity contribution is 0.362. The number of allylic oxidation sites excluding steroid dienone is 1. The van der Waals surface area contributed by atoms with Crippen LogP contribution in [-0.2, 0) is 0 Å². The minimum absolute atomic E-state index is 0.0714. The Kier molecular flexibility index (Phi) is 7.37. The molecule has 4 rings (SSSR count). The zero-order valence-electron chi connectivity index (χ0n) is 18.9. The fourth-order valence-electron chi connectivity index (χ4n) is 3.30. The molecule has 4 aromatic carbocycles. The number of rotatable bonds is 3. The summed E-state index contributed by atoms with van der Waals surface area (Å²) in [7, 11) is 0. The first-order valence-electron chi connectivity index (χ1n) is 10.8. The largest absolute Gasteiger partial charge is 0.490 e. The smallest absolute Gasteiger partial charge is 0.195 e. The van der Waals surface area contributed by atoms with Crippen molar-refractivity contribution in [1.82, 2.24) is 0 Å². The summed E-state index contributed by atoms with van der Waals surface area (Å²) in [5.41, 5.74) is 0.540. The van der Waals surface area contributed by atoms with Crippen molar-refractivity contribution in [2.45, 2.75) is 6.92 Å². The summed E-state index contributed by atoms with van der Waals surface area (Å²) >= 11 is 0. The summed E-state index contributed by atoms with van der Waals surface area (Å²) in [6.07, 6.45) is 3.75. The molecule has 36 heavy (non-hydrogen) atoms. The molecular weight excluding hydrogens is 471 g/mol. The van der Waals surface area contributed by atoms with Gasteiger partial charge in [0.2, 0.25) is 0 Å². The van der Waals surface area contributed by atoms with Gasteiger partial charge in [0, 0.05) is 22.1 Å². The van der Waals surface area contributed by atoms with E-state index in [2.05, 4.69) is 23.7 Å². The quantitative estimate of drug-likeness (QED) is 0.127. The molecule has 178 valence electrons. The molecule has 0 N–H and O–H groups in total. The third-order valence-corrected chi connectivity index (χ3v) is 5.13. The highest BCUT2D eigenvalue weighted by molar-refractivity contribution is 5.84. The van der Waals surface area contributed by atoms with E-state index in [1.165, 1.54) is 18.2 Å². The minimum atomic E-state index is -1.57. The molecule has 0 bridgehead atoms. The Balaban J connectivity index is 1.55. The number of hydrogen-bond donors (Lipinski definition) is 0. The summed E-state index contributed by atoms with van der Waals surface area (Å²) in [5, 5.41) is -0.0577. The van der Waals surface area contributed by atoms with Crippen LogP contribution >= 0.6 is 0 Å². The van der Waals surface area contributed by atoms with Gasteiger partial charge in [0.15, 0.2) is 17.5 Å². The lowest BCUT2D eigenvalue weighted by Crippen LogP contribution is -1.94. The van der Waals surface area contributed by atoms with Gasteiger partial charge in [-0.3, -0.25) is 0 Å². The van der Waals surface area contributed by atoms with Gasteiger partial charge in [0.05, 0.1) is 5.56 Å². The second-order valence-electron chi connectivity index (χ2n) is 7.64. The van der Waals surface area contributed by atoms with E-state index in [1.807, 2.05) is 19.1 Å². The SMILES string of the molecule is C/C=C/COc1ccc(C#Cc2cc(F)c(C#Cc3ccc4c(F)c(F)c(F)cc4c3)c(F)c2)cc1. The predicted octanol–water partition coefficient (Wildman–Crippen LogP) is 7.29. The first-order valence-corrected chi connectivity index (χ1v) is 10.8. The van der Waals surface area contributed by atoms with Crippen molar-refractivity contribution in [3.8, 4) is 29.4 Å². The van der Waals surface area contributed by atoms with Crippen molar-refractivity contribution in [2.75, 3.05) is 6.61 Å². The Morgan fingerprint density at radius 2 is 1.31 bits per heavy atom. The van der Waals surface area contributed by atoms with Crippen LogP contribution in [0.15, 0.2) is 72.8 Å². The Labute approximate surface area is 204 Å². The lowest BCUT2D eigenvalue weighted by atomic mass is 10.1. The van der Waals surface area contributed by atoms with Crippen molar-refractivity contribution in [1.29, 1.82) is 0 Å². The number of benzene rings is 4. The van der Waals surface area contributed by atoms with Gasteiger partial charge in [-0.1, -0.05) is 41.9 Å². The van der Waals surface area contributed by atoms with Gasteiger partial charge in [-0.25, -0.2) is 22.0 Å². The molecule has 0 aliphatic rings. The van der Waals surface area contributed by atoms with Crippen molar-refractivity contribution < 1.29 is 26.7 Å². The summed E-state index contributed by atoms with van der Waals surface area (Å²) in [4.78, 5) is 0. The fraction of sp³-hybridized carbons (Fsp3) is 0.0667. The number of hydrogen-bond acceptors (Lipinski definition) is 1. The predicted molar refractivity (Wildman–Crippen MR) is 129 cm³/mol. The molecule has 0 unspecified atom stereocenters. The highest BCUT2D eigenvalue weighted by atomic mass is 19.2. The molecule has 0 amide bonds. The van der Waals surface area contributed by atoms with E-state index in [9.17, 15) is 22.0 Å². The van der Waals surface area contributed by atoms with Crippen molar-refractivity contribution in [3.63, 3.8) is 0 Å². The van der Waals surface area contributed by atoms with E-state index in [4.69, 9.17) is 4.74 Å². The summed E-state index contributed by atoms with van der Waals surface area (Å²) in [6, 6.07) is 13.8. The van der Waals surface area contributed by atoms with Crippen LogP contribution < -0.4 is 4.74 Å². The number of halogens is 5. The molecule has 1 nitrogen and oxygen atoms in total. The van der Waals surface area contributed by atoms with E-state index in [0.29, 0.717) is 17.9 Å². The monoisotopic (exact) mass is 488 g/mol. The Bertz CT molecular complexity index is 1570. The molecule has 0 aliphatic heterocycles. The Hall–Kier alpha value is -4.55. The van der Waals surface area contributed by atoms with E-state index < -0.39 is 34.6 Å².